The number of piperazine rings is 1. The lowest BCUT2D eigenvalue weighted by molar-refractivity contribution is 0.179. The Morgan fingerprint density at radius 3 is 2.53 bits per heavy atom. The van der Waals surface area contributed by atoms with Gasteiger partial charge in [0.2, 0.25) is 0 Å². The maximum atomic E-state index is 5.96. The number of benzene rings is 1. The summed E-state index contributed by atoms with van der Waals surface area (Å²) < 4.78 is 5.13. The van der Waals surface area contributed by atoms with Gasteiger partial charge in [-0.05, 0) is 19.2 Å². The minimum absolute atomic E-state index is 0.711. The number of rotatable bonds is 3. The molecule has 2 rings (SSSR count). The first-order chi connectivity index (χ1) is 8.19. The smallest absolute Gasteiger partial charge is 0.121 e. The standard InChI is InChI=1S/C12H20N4O/c1-15-5-7-16(8-6-15)14-12-4-3-10(17-2)9-11(12)13/h3-4,9,14H,5-8,13H2,1-2H3. The molecule has 0 atom stereocenters. The average Bonchev–Trinajstić information content (AvgIpc) is 2.34. The predicted octanol–water partition coefficient (Wildman–Crippen LogP) is 0.852. The number of anilines is 2. The highest BCUT2D eigenvalue weighted by molar-refractivity contribution is 5.67. The largest absolute Gasteiger partial charge is 0.497 e. The fourth-order valence-corrected chi connectivity index (χ4v) is 1.86. The number of nitrogens with two attached hydrogens (primary N) is 1. The van der Waals surface area contributed by atoms with E-state index in [1.807, 2.05) is 18.2 Å². The molecule has 0 bridgehead atoms. The van der Waals surface area contributed by atoms with Gasteiger partial charge in [0, 0.05) is 32.2 Å². The Labute approximate surface area is 102 Å². The van der Waals surface area contributed by atoms with E-state index in [1.165, 1.54) is 0 Å². The number of ether oxygens (including phenoxy) is 1. The second-order valence-electron chi connectivity index (χ2n) is 4.36. The molecule has 0 spiro atoms. The van der Waals surface area contributed by atoms with Crippen LogP contribution in [0.2, 0.25) is 0 Å². The van der Waals surface area contributed by atoms with E-state index in [0.717, 1.165) is 37.6 Å². The molecule has 1 aromatic carbocycles. The van der Waals surface area contributed by atoms with Gasteiger partial charge in [-0.3, -0.25) is 0 Å². The van der Waals surface area contributed by atoms with Crippen molar-refractivity contribution >= 4 is 11.4 Å². The summed E-state index contributed by atoms with van der Waals surface area (Å²) in [4.78, 5) is 2.32. The molecule has 94 valence electrons. The number of nitrogens with zero attached hydrogens (tertiary/aromatic N) is 2. The summed E-state index contributed by atoms with van der Waals surface area (Å²) in [6, 6.07) is 5.69. The average molecular weight is 236 g/mol. The van der Waals surface area contributed by atoms with E-state index in [4.69, 9.17) is 10.5 Å². The van der Waals surface area contributed by atoms with Crippen molar-refractivity contribution in [3.05, 3.63) is 18.2 Å². The van der Waals surface area contributed by atoms with Gasteiger partial charge in [-0.2, -0.15) is 0 Å². The van der Waals surface area contributed by atoms with E-state index in [-0.39, 0.29) is 0 Å². The van der Waals surface area contributed by atoms with E-state index >= 15 is 0 Å². The molecule has 5 heteroatoms. The molecule has 1 fully saturated rings. The number of hydrazine groups is 1. The summed E-state index contributed by atoms with van der Waals surface area (Å²) >= 11 is 0. The molecular weight excluding hydrogens is 216 g/mol. The zero-order chi connectivity index (χ0) is 12.3. The van der Waals surface area contributed by atoms with Crippen molar-refractivity contribution in [1.29, 1.82) is 0 Å². The third-order valence-electron chi connectivity index (χ3n) is 3.04. The normalized spacial score (nSPS) is 18.0. The lowest BCUT2D eigenvalue weighted by Crippen LogP contribution is -2.47. The van der Waals surface area contributed by atoms with Crippen LogP contribution in [0, 0.1) is 0 Å². The van der Waals surface area contributed by atoms with Crippen molar-refractivity contribution in [1.82, 2.24) is 9.91 Å². The highest BCUT2D eigenvalue weighted by atomic mass is 16.5. The SMILES string of the molecule is COc1ccc(NN2CCN(C)CC2)c(N)c1. The van der Waals surface area contributed by atoms with E-state index < -0.39 is 0 Å². The van der Waals surface area contributed by atoms with Crippen molar-refractivity contribution in [2.75, 3.05) is 51.5 Å². The van der Waals surface area contributed by atoms with Gasteiger partial charge in [0.25, 0.3) is 0 Å². The number of hydrogen-bond donors (Lipinski definition) is 2. The zero-order valence-electron chi connectivity index (χ0n) is 10.4. The van der Waals surface area contributed by atoms with Crippen molar-refractivity contribution in [3.63, 3.8) is 0 Å². The molecule has 0 saturated carbocycles. The van der Waals surface area contributed by atoms with Gasteiger partial charge in [-0.25, -0.2) is 5.01 Å². The number of hydrogen-bond acceptors (Lipinski definition) is 5. The van der Waals surface area contributed by atoms with Gasteiger partial charge >= 0.3 is 0 Å². The van der Waals surface area contributed by atoms with Crippen LogP contribution in [0.25, 0.3) is 0 Å². The van der Waals surface area contributed by atoms with Gasteiger partial charge in [0.15, 0.2) is 0 Å². The molecule has 0 aliphatic carbocycles. The summed E-state index contributed by atoms with van der Waals surface area (Å²) in [6.45, 7) is 4.15. The number of nitrogen functional groups attached to an aromatic ring is 1. The fraction of sp³-hybridized carbons (Fsp3) is 0.500. The van der Waals surface area contributed by atoms with E-state index in [0.29, 0.717) is 5.69 Å². The number of likely N-dealkylation sites (N-methyl/N-ethyl adjacent to an activating group) is 1. The quantitative estimate of drug-likeness (QED) is 0.762. The third kappa shape index (κ3) is 3.01. The molecule has 0 unspecified atom stereocenters. The van der Waals surface area contributed by atoms with Crippen LogP contribution in [0.3, 0.4) is 0 Å². The molecular formula is C12H20N4O. The van der Waals surface area contributed by atoms with Gasteiger partial charge in [-0.1, -0.05) is 0 Å². The first-order valence-corrected chi connectivity index (χ1v) is 5.82. The van der Waals surface area contributed by atoms with E-state index in [2.05, 4.69) is 22.4 Å². The second-order valence-corrected chi connectivity index (χ2v) is 4.36. The van der Waals surface area contributed by atoms with Gasteiger partial charge in [-0.15, -0.1) is 0 Å². The predicted molar refractivity (Wildman–Crippen MR) is 70.1 cm³/mol. The molecule has 1 aliphatic heterocycles. The number of nitrogens with one attached hydrogen (secondary N) is 1. The van der Waals surface area contributed by atoms with Crippen LogP contribution in [0.4, 0.5) is 11.4 Å². The van der Waals surface area contributed by atoms with Gasteiger partial charge < -0.3 is 20.8 Å². The fourth-order valence-electron chi connectivity index (χ4n) is 1.86. The van der Waals surface area contributed by atoms with Crippen molar-refractivity contribution in [2.24, 2.45) is 0 Å². The Morgan fingerprint density at radius 1 is 1.24 bits per heavy atom. The summed E-state index contributed by atoms with van der Waals surface area (Å²) in [7, 11) is 3.78. The van der Waals surface area contributed by atoms with E-state index in [1.54, 1.807) is 7.11 Å². The summed E-state index contributed by atoms with van der Waals surface area (Å²) in [5, 5.41) is 2.19. The van der Waals surface area contributed by atoms with Crippen LogP contribution >= 0.6 is 0 Å². The molecule has 1 saturated heterocycles. The van der Waals surface area contributed by atoms with Crippen molar-refractivity contribution in [3.8, 4) is 5.75 Å². The molecule has 0 radical (unpaired) electrons. The highest BCUT2D eigenvalue weighted by Gasteiger charge is 2.14. The lowest BCUT2D eigenvalue weighted by atomic mass is 10.2. The highest BCUT2D eigenvalue weighted by Crippen LogP contribution is 2.24. The Morgan fingerprint density at radius 2 is 1.94 bits per heavy atom. The minimum Gasteiger partial charge on any atom is -0.497 e. The molecule has 1 aromatic rings. The maximum Gasteiger partial charge on any atom is 0.121 e. The molecule has 0 amide bonds. The van der Waals surface area contributed by atoms with Gasteiger partial charge in [0.1, 0.15) is 5.75 Å². The molecule has 1 heterocycles. The Bertz CT molecular complexity index is 375. The second kappa shape index (κ2) is 5.25. The summed E-state index contributed by atoms with van der Waals surface area (Å²) in [6.07, 6.45) is 0. The van der Waals surface area contributed by atoms with E-state index in [9.17, 15) is 0 Å². The van der Waals surface area contributed by atoms with Gasteiger partial charge in [0.05, 0.1) is 18.5 Å². The minimum atomic E-state index is 0.711. The van der Waals surface area contributed by atoms with Crippen LogP contribution in [-0.2, 0) is 0 Å². The van der Waals surface area contributed by atoms with Crippen molar-refractivity contribution in [2.45, 2.75) is 0 Å². The lowest BCUT2D eigenvalue weighted by Gasteiger charge is -2.33. The maximum absolute atomic E-state index is 5.96. The summed E-state index contributed by atoms with van der Waals surface area (Å²) in [5.41, 5.74) is 11.0. The molecule has 17 heavy (non-hydrogen) atoms. The van der Waals surface area contributed by atoms with Crippen molar-refractivity contribution < 1.29 is 4.74 Å². The topological polar surface area (TPSA) is 53.8 Å². The molecule has 3 N–H and O–H groups in total. The van der Waals surface area contributed by atoms with Crippen LogP contribution in [0.15, 0.2) is 18.2 Å². The zero-order valence-corrected chi connectivity index (χ0v) is 10.4. The van der Waals surface area contributed by atoms with Crippen LogP contribution < -0.4 is 15.9 Å². The Balaban J connectivity index is 1.99. The molecule has 0 aromatic heterocycles. The Kier molecular flexibility index (Phi) is 3.71. The van der Waals surface area contributed by atoms with Crippen LogP contribution in [0.5, 0.6) is 5.75 Å². The first-order valence-electron chi connectivity index (χ1n) is 5.82. The third-order valence-corrected chi connectivity index (χ3v) is 3.04. The Hall–Kier alpha value is -1.46. The first kappa shape index (κ1) is 12.0. The van der Waals surface area contributed by atoms with Crippen LogP contribution in [0.1, 0.15) is 0 Å². The molecule has 5 nitrogen and oxygen atoms in total. The number of methoxy groups -OCH3 is 1. The summed E-state index contributed by atoms with van der Waals surface area (Å²) in [5.74, 6) is 0.784. The van der Waals surface area contributed by atoms with Crippen LogP contribution in [-0.4, -0.2) is 50.2 Å². The molecule has 1 aliphatic rings. The monoisotopic (exact) mass is 236 g/mol.